The van der Waals surface area contributed by atoms with Gasteiger partial charge in [-0.25, -0.2) is 9.97 Å². The molecular weight excluding hydrogens is 262 g/mol. The summed E-state index contributed by atoms with van der Waals surface area (Å²) in [5.41, 5.74) is 1.16. The molecule has 108 valence electrons. The van der Waals surface area contributed by atoms with Crippen molar-refractivity contribution in [2.75, 3.05) is 17.7 Å². The van der Waals surface area contributed by atoms with E-state index < -0.39 is 0 Å². The van der Waals surface area contributed by atoms with E-state index in [-0.39, 0.29) is 5.41 Å². The van der Waals surface area contributed by atoms with E-state index in [9.17, 15) is 0 Å². The summed E-state index contributed by atoms with van der Waals surface area (Å²) in [6.45, 7) is 6.19. The number of anilines is 3. The number of nitriles is 1. The summed E-state index contributed by atoms with van der Waals surface area (Å²) in [5.74, 6) is 2.15. The summed E-state index contributed by atoms with van der Waals surface area (Å²) in [4.78, 5) is 9.03. The minimum absolute atomic E-state index is 0.155. The van der Waals surface area contributed by atoms with Gasteiger partial charge in [-0.1, -0.05) is 32.9 Å². The third kappa shape index (κ3) is 3.48. The summed E-state index contributed by atoms with van der Waals surface area (Å²) < 4.78 is 0. The molecule has 0 aliphatic heterocycles. The van der Waals surface area contributed by atoms with Gasteiger partial charge in [0.05, 0.1) is 11.3 Å². The van der Waals surface area contributed by atoms with Crippen LogP contribution in [0, 0.1) is 11.3 Å². The molecule has 0 atom stereocenters. The largest absolute Gasteiger partial charge is 0.373 e. The van der Waals surface area contributed by atoms with Crippen molar-refractivity contribution >= 4 is 17.3 Å². The Morgan fingerprint density at radius 1 is 1.10 bits per heavy atom. The molecule has 2 rings (SSSR count). The lowest BCUT2D eigenvalue weighted by Gasteiger charge is -2.19. The molecule has 1 aromatic carbocycles. The fourth-order valence-electron chi connectivity index (χ4n) is 1.80. The van der Waals surface area contributed by atoms with Crippen molar-refractivity contribution in [3.05, 3.63) is 41.7 Å². The molecule has 0 amide bonds. The summed E-state index contributed by atoms with van der Waals surface area (Å²) >= 11 is 0. The molecule has 0 spiro atoms. The van der Waals surface area contributed by atoms with E-state index in [1.807, 2.05) is 31.3 Å². The molecule has 0 aliphatic rings. The number of aromatic nitrogens is 2. The molecule has 5 nitrogen and oxygen atoms in total. The van der Waals surface area contributed by atoms with Crippen molar-refractivity contribution in [3.63, 3.8) is 0 Å². The Kier molecular flexibility index (Phi) is 4.08. The molecular formula is C16H19N5. The van der Waals surface area contributed by atoms with Crippen LogP contribution in [0.15, 0.2) is 30.3 Å². The first-order valence-corrected chi connectivity index (χ1v) is 6.77. The standard InChI is InChI=1S/C16H19N5/c1-16(2,3)15-20-13(18-4)9-14(21-15)19-12-8-6-5-7-11(12)10-17/h5-9H,1-4H3,(H2,18,19,20,21). The Morgan fingerprint density at radius 3 is 2.38 bits per heavy atom. The zero-order valence-electron chi connectivity index (χ0n) is 12.7. The highest BCUT2D eigenvalue weighted by molar-refractivity contribution is 5.65. The first-order chi connectivity index (χ1) is 9.94. The normalized spacial score (nSPS) is 10.8. The maximum atomic E-state index is 9.15. The Morgan fingerprint density at radius 2 is 1.76 bits per heavy atom. The van der Waals surface area contributed by atoms with Gasteiger partial charge in [-0.05, 0) is 12.1 Å². The third-order valence-corrected chi connectivity index (χ3v) is 2.96. The molecule has 2 aromatic rings. The molecule has 0 unspecified atom stereocenters. The van der Waals surface area contributed by atoms with Crippen molar-refractivity contribution in [1.29, 1.82) is 5.26 Å². The molecule has 5 heteroatoms. The number of hydrogen-bond acceptors (Lipinski definition) is 5. The number of rotatable bonds is 3. The molecule has 0 fully saturated rings. The fourth-order valence-corrected chi connectivity index (χ4v) is 1.80. The Bertz CT molecular complexity index is 680. The lowest BCUT2D eigenvalue weighted by atomic mass is 9.96. The Balaban J connectivity index is 2.42. The Labute approximate surface area is 125 Å². The maximum Gasteiger partial charge on any atom is 0.138 e. The number of para-hydroxylation sites is 1. The predicted molar refractivity (Wildman–Crippen MR) is 84.7 cm³/mol. The minimum Gasteiger partial charge on any atom is -0.373 e. The van der Waals surface area contributed by atoms with E-state index in [2.05, 4.69) is 47.4 Å². The SMILES string of the molecule is CNc1cc(Nc2ccccc2C#N)nc(C(C)(C)C)n1. The van der Waals surface area contributed by atoms with Crippen LogP contribution in [0.4, 0.5) is 17.3 Å². The summed E-state index contributed by atoms with van der Waals surface area (Å²) in [6.07, 6.45) is 0. The molecule has 2 N–H and O–H groups in total. The van der Waals surface area contributed by atoms with Crippen molar-refractivity contribution in [1.82, 2.24) is 9.97 Å². The van der Waals surface area contributed by atoms with E-state index in [1.54, 1.807) is 6.07 Å². The highest BCUT2D eigenvalue weighted by atomic mass is 15.1. The van der Waals surface area contributed by atoms with Gasteiger partial charge >= 0.3 is 0 Å². The highest BCUT2D eigenvalue weighted by Gasteiger charge is 2.19. The van der Waals surface area contributed by atoms with E-state index in [1.165, 1.54) is 0 Å². The lowest BCUT2D eigenvalue weighted by molar-refractivity contribution is 0.547. The van der Waals surface area contributed by atoms with Crippen LogP contribution in [0.2, 0.25) is 0 Å². The van der Waals surface area contributed by atoms with Gasteiger partial charge in [0.25, 0.3) is 0 Å². The number of nitrogens with one attached hydrogen (secondary N) is 2. The average molecular weight is 281 g/mol. The molecule has 0 aliphatic carbocycles. The van der Waals surface area contributed by atoms with Crippen LogP contribution in [-0.4, -0.2) is 17.0 Å². The van der Waals surface area contributed by atoms with Crippen LogP contribution in [0.3, 0.4) is 0 Å². The van der Waals surface area contributed by atoms with Crippen molar-refractivity contribution in [2.24, 2.45) is 0 Å². The second-order valence-electron chi connectivity index (χ2n) is 5.74. The third-order valence-electron chi connectivity index (χ3n) is 2.96. The van der Waals surface area contributed by atoms with Gasteiger partial charge in [-0.3, -0.25) is 0 Å². The van der Waals surface area contributed by atoms with Gasteiger partial charge in [-0.15, -0.1) is 0 Å². The summed E-state index contributed by atoms with van der Waals surface area (Å²) in [7, 11) is 1.82. The second kappa shape index (κ2) is 5.80. The van der Waals surface area contributed by atoms with Gasteiger partial charge in [0.2, 0.25) is 0 Å². The van der Waals surface area contributed by atoms with E-state index in [4.69, 9.17) is 5.26 Å². The summed E-state index contributed by atoms with van der Waals surface area (Å²) in [5, 5.41) is 15.4. The molecule has 0 saturated carbocycles. The monoisotopic (exact) mass is 281 g/mol. The minimum atomic E-state index is -0.155. The molecule has 1 heterocycles. The first kappa shape index (κ1) is 14.8. The predicted octanol–water partition coefficient (Wildman–Crippen LogP) is 3.43. The zero-order chi connectivity index (χ0) is 15.5. The van der Waals surface area contributed by atoms with Crippen molar-refractivity contribution in [2.45, 2.75) is 26.2 Å². The van der Waals surface area contributed by atoms with Gasteiger partial charge in [-0.2, -0.15) is 5.26 Å². The van der Waals surface area contributed by atoms with Crippen molar-refractivity contribution in [3.8, 4) is 6.07 Å². The lowest BCUT2D eigenvalue weighted by Crippen LogP contribution is -2.17. The van der Waals surface area contributed by atoms with E-state index in [0.717, 1.165) is 17.3 Å². The van der Waals surface area contributed by atoms with E-state index in [0.29, 0.717) is 11.4 Å². The van der Waals surface area contributed by atoms with Gasteiger partial charge < -0.3 is 10.6 Å². The topological polar surface area (TPSA) is 73.6 Å². The van der Waals surface area contributed by atoms with Crippen LogP contribution < -0.4 is 10.6 Å². The number of nitrogens with zero attached hydrogens (tertiary/aromatic N) is 3. The van der Waals surface area contributed by atoms with Crippen molar-refractivity contribution < 1.29 is 0 Å². The maximum absolute atomic E-state index is 9.15. The molecule has 21 heavy (non-hydrogen) atoms. The molecule has 0 bridgehead atoms. The van der Waals surface area contributed by atoms with Crippen LogP contribution in [0.25, 0.3) is 0 Å². The van der Waals surface area contributed by atoms with Crippen LogP contribution in [0.5, 0.6) is 0 Å². The Hall–Kier alpha value is -2.61. The fraction of sp³-hybridized carbons (Fsp3) is 0.312. The average Bonchev–Trinajstić information content (AvgIpc) is 2.46. The summed E-state index contributed by atoms with van der Waals surface area (Å²) in [6, 6.07) is 11.3. The van der Waals surface area contributed by atoms with Crippen LogP contribution in [-0.2, 0) is 5.41 Å². The van der Waals surface area contributed by atoms with Gasteiger partial charge in [0.15, 0.2) is 0 Å². The van der Waals surface area contributed by atoms with Crippen LogP contribution >= 0.6 is 0 Å². The molecule has 0 saturated heterocycles. The highest BCUT2D eigenvalue weighted by Crippen LogP contribution is 2.25. The quantitative estimate of drug-likeness (QED) is 0.901. The molecule has 1 aromatic heterocycles. The zero-order valence-corrected chi connectivity index (χ0v) is 12.7. The first-order valence-electron chi connectivity index (χ1n) is 6.77. The van der Waals surface area contributed by atoms with E-state index >= 15 is 0 Å². The van der Waals surface area contributed by atoms with Gasteiger partial charge in [0.1, 0.15) is 23.5 Å². The smallest absolute Gasteiger partial charge is 0.138 e. The van der Waals surface area contributed by atoms with Gasteiger partial charge in [0, 0.05) is 18.5 Å². The van der Waals surface area contributed by atoms with Crippen LogP contribution in [0.1, 0.15) is 32.2 Å². The number of benzene rings is 1. The second-order valence-corrected chi connectivity index (χ2v) is 5.74. The number of hydrogen-bond donors (Lipinski definition) is 2. The molecule has 0 radical (unpaired) electrons.